The molecule has 2 rings (SSSR count). The van der Waals surface area contributed by atoms with Gasteiger partial charge in [-0.1, -0.05) is 23.7 Å². The van der Waals surface area contributed by atoms with Crippen LogP contribution in [0.1, 0.15) is 0 Å². The fourth-order valence-electron chi connectivity index (χ4n) is 1.73. The number of rotatable bonds is 4. The molecule has 1 aromatic heterocycles. The first-order valence-electron chi connectivity index (χ1n) is 6.36. The van der Waals surface area contributed by atoms with Gasteiger partial charge in [-0.2, -0.15) is 0 Å². The Labute approximate surface area is 128 Å². The summed E-state index contributed by atoms with van der Waals surface area (Å²) < 4.78 is 0. The molecule has 1 aromatic carbocycles. The van der Waals surface area contributed by atoms with E-state index in [0.29, 0.717) is 5.02 Å². The number of benzene rings is 1. The zero-order chi connectivity index (χ0) is 15.4. The first kappa shape index (κ1) is 15.1. The topological polar surface area (TPSA) is 65.5 Å². The van der Waals surface area contributed by atoms with Crippen LogP contribution >= 0.6 is 11.6 Å². The summed E-state index contributed by atoms with van der Waals surface area (Å²) in [6, 6.07) is 8.87. The Morgan fingerprint density at radius 3 is 2.71 bits per heavy atom. The third kappa shape index (κ3) is 3.86. The number of nitrogens with one attached hydrogen (secondary N) is 1. The van der Waals surface area contributed by atoms with E-state index in [1.165, 1.54) is 4.90 Å². The molecule has 0 bridgehead atoms. The van der Waals surface area contributed by atoms with Gasteiger partial charge in [-0.3, -0.25) is 4.79 Å². The van der Waals surface area contributed by atoms with Crippen molar-refractivity contribution in [1.29, 1.82) is 0 Å². The maximum Gasteiger partial charge on any atom is 0.241 e. The average Bonchev–Trinajstić information content (AvgIpc) is 2.45. The number of hydrogen-bond acceptors (Lipinski definition) is 4. The van der Waals surface area contributed by atoms with Gasteiger partial charge >= 0.3 is 0 Å². The zero-order valence-corrected chi connectivity index (χ0v) is 12.6. The molecule has 0 aliphatic carbocycles. The second-order valence-corrected chi connectivity index (χ2v) is 5.18. The van der Waals surface area contributed by atoms with Gasteiger partial charge in [0.1, 0.15) is 0 Å². The van der Waals surface area contributed by atoms with Gasteiger partial charge in [0.25, 0.3) is 0 Å². The number of nitrogens with zero attached hydrogens (tertiary/aromatic N) is 2. The molecule has 0 fully saturated rings. The predicted molar refractivity (Wildman–Crippen MR) is 83.5 cm³/mol. The minimum Gasteiger partial charge on any atom is -0.504 e. The molecule has 0 spiro atoms. The summed E-state index contributed by atoms with van der Waals surface area (Å²) in [5.74, 6) is 0.158. The maximum atomic E-state index is 11.5. The lowest BCUT2D eigenvalue weighted by molar-refractivity contribution is -0.126. The molecule has 5 nitrogen and oxygen atoms in total. The van der Waals surface area contributed by atoms with E-state index >= 15 is 0 Å². The lowest BCUT2D eigenvalue weighted by Gasteiger charge is -2.12. The Kier molecular flexibility index (Phi) is 4.65. The van der Waals surface area contributed by atoms with Crippen molar-refractivity contribution in [1.82, 2.24) is 9.88 Å². The van der Waals surface area contributed by atoms with E-state index in [0.717, 1.165) is 11.1 Å². The number of amides is 1. The highest BCUT2D eigenvalue weighted by molar-refractivity contribution is 6.30. The highest BCUT2D eigenvalue weighted by atomic mass is 35.5. The summed E-state index contributed by atoms with van der Waals surface area (Å²) >= 11 is 5.94. The second kappa shape index (κ2) is 6.45. The second-order valence-electron chi connectivity index (χ2n) is 4.74. The molecule has 21 heavy (non-hydrogen) atoms. The van der Waals surface area contributed by atoms with E-state index in [4.69, 9.17) is 11.6 Å². The van der Waals surface area contributed by atoms with Crippen LogP contribution in [-0.4, -0.2) is 41.5 Å². The van der Waals surface area contributed by atoms with Gasteiger partial charge in [0, 0.05) is 30.9 Å². The smallest absolute Gasteiger partial charge is 0.241 e. The summed E-state index contributed by atoms with van der Waals surface area (Å²) in [7, 11) is 3.33. The molecule has 2 aromatic rings. The number of aromatic nitrogens is 1. The molecule has 0 aliphatic heterocycles. The molecular weight excluding hydrogens is 290 g/mol. The van der Waals surface area contributed by atoms with Crippen molar-refractivity contribution in [2.45, 2.75) is 0 Å². The number of anilines is 1. The Hall–Kier alpha value is -2.27. The maximum absolute atomic E-state index is 11.5. The quantitative estimate of drug-likeness (QED) is 0.911. The van der Waals surface area contributed by atoms with Crippen molar-refractivity contribution in [3.8, 4) is 16.9 Å². The number of hydrogen-bond donors (Lipinski definition) is 2. The molecule has 0 radical (unpaired) electrons. The van der Waals surface area contributed by atoms with E-state index in [9.17, 15) is 9.90 Å². The third-order valence-electron chi connectivity index (χ3n) is 2.93. The molecule has 6 heteroatoms. The van der Waals surface area contributed by atoms with Crippen LogP contribution in [-0.2, 0) is 4.79 Å². The summed E-state index contributed by atoms with van der Waals surface area (Å²) in [5, 5.41) is 13.4. The summed E-state index contributed by atoms with van der Waals surface area (Å²) in [5.41, 5.74) is 1.61. The Balaban J connectivity index is 2.16. The standard InChI is InChI=1S/C15H16ClN3O2/c1-19(2)14(21)9-18-15-13(20)7-11(8-17-15)10-4-3-5-12(16)6-10/h3-8,20H,9H2,1-2H3,(H,17,18). The molecule has 0 atom stereocenters. The summed E-state index contributed by atoms with van der Waals surface area (Å²) in [4.78, 5) is 17.1. The highest BCUT2D eigenvalue weighted by Crippen LogP contribution is 2.28. The largest absolute Gasteiger partial charge is 0.504 e. The SMILES string of the molecule is CN(C)C(=O)CNc1ncc(-c2cccc(Cl)c2)cc1O. The van der Waals surface area contributed by atoms with E-state index in [-0.39, 0.29) is 24.0 Å². The molecule has 1 heterocycles. The minimum absolute atomic E-state index is 0.0148. The molecule has 0 unspecified atom stereocenters. The number of carbonyl (C=O) groups excluding carboxylic acids is 1. The third-order valence-corrected chi connectivity index (χ3v) is 3.17. The average molecular weight is 306 g/mol. The van der Waals surface area contributed by atoms with Crippen LogP contribution in [0.15, 0.2) is 36.5 Å². The van der Waals surface area contributed by atoms with Crippen LogP contribution < -0.4 is 5.32 Å². The molecule has 110 valence electrons. The molecule has 0 saturated heterocycles. The number of likely N-dealkylation sites (N-methyl/N-ethyl adjacent to an activating group) is 1. The van der Waals surface area contributed by atoms with Gasteiger partial charge in [0.05, 0.1) is 6.54 Å². The lowest BCUT2D eigenvalue weighted by atomic mass is 10.1. The first-order valence-corrected chi connectivity index (χ1v) is 6.74. The van der Waals surface area contributed by atoms with Gasteiger partial charge in [0.2, 0.25) is 5.91 Å². The van der Waals surface area contributed by atoms with Gasteiger partial charge in [-0.15, -0.1) is 0 Å². The Morgan fingerprint density at radius 1 is 1.33 bits per heavy atom. The minimum atomic E-state index is -0.102. The first-order chi connectivity index (χ1) is 9.97. The summed E-state index contributed by atoms with van der Waals surface area (Å²) in [6.45, 7) is 0.0735. The van der Waals surface area contributed by atoms with E-state index in [2.05, 4.69) is 10.3 Å². The van der Waals surface area contributed by atoms with Crippen LogP contribution in [0.25, 0.3) is 11.1 Å². The van der Waals surface area contributed by atoms with Crippen LogP contribution in [0.4, 0.5) is 5.82 Å². The Bertz CT molecular complexity index is 659. The monoisotopic (exact) mass is 305 g/mol. The fraction of sp³-hybridized carbons (Fsp3) is 0.200. The molecule has 2 N–H and O–H groups in total. The molecule has 1 amide bonds. The highest BCUT2D eigenvalue weighted by Gasteiger charge is 2.09. The van der Waals surface area contributed by atoms with Crippen molar-refractivity contribution in [3.05, 3.63) is 41.6 Å². The van der Waals surface area contributed by atoms with Crippen molar-refractivity contribution in [3.63, 3.8) is 0 Å². The fourth-order valence-corrected chi connectivity index (χ4v) is 1.92. The molecule has 0 aliphatic rings. The van der Waals surface area contributed by atoms with Crippen molar-refractivity contribution in [2.24, 2.45) is 0 Å². The van der Waals surface area contributed by atoms with Crippen molar-refractivity contribution < 1.29 is 9.90 Å². The Morgan fingerprint density at radius 2 is 2.10 bits per heavy atom. The van der Waals surface area contributed by atoms with Crippen LogP contribution in [0.2, 0.25) is 5.02 Å². The van der Waals surface area contributed by atoms with Gasteiger partial charge in [0.15, 0.2) is 11.6 Å². The number of aromatic hydroxyl groups is 1. The molecular formula is C15H16ClN3O2. The number of halogens is 1. The lowest BCUT2D eigenvalue weighted by Crippen LogP contribution is -2.28. The van der Waals surface area contributed by atoms with Gasteiger partial charge < -0.3 is 15.3 Å². The van der Waals surface area contributed by atoms with Crippen molar-refractivity contribution >= 4 is 23.3 Å². The normalized spacial score (nSPS) is 10.2. The van der Waals surface area contributed by atoms with Gasteiger partial charge in [-0.25, -0.2) is 4.98 Å². The summed E-state index contributed by atoms with van der Waals surface area (Å²) in [6.07, 6.45) is 1.62. The van der Waals surface area contributed by atoms with Crippen LogP contribution in [0, 0.1) is 0 Å². The van der Waals surface area contributed by atoms with Crippen LogP contribution in [0.5, 0.6) is 5.75 Å². The zero-order valence-electron chi connectivity index (χ0n) is 11.8. The number of pyridine rings is 1. The van der Waals surface area contributed by atoms with E-state index in [1.807, 2.05) is 12.1 Å². The predicted octanol–water partition coefficient (Wildman–Crippen LogP) is 2.61. The molecule has 0 saturated carbocycles. The van der Waals surface area contributed by atoms with Gasteiger partial charge in [-0.05, 0) is 23.8 Å². The van der Waals surface area contributed by atoms with E-state index < -0.39 is 0 Å². The number of carbonyl (C=O) groups is 1. The van der Waals surface area contributed by atoms with E-state index in [1.54, 1.807) is 38.5 Å². The van der Waals surface area contributed by atoms with Crippen LogP contribution in [0.3, 0.4) is 0 Å². The van der Waals surface area contributed by atoms with Crippen molar-refractivity contribution in [2.75, 3.05) is 26.0 Å².